The molecule has 0 bridgehead atoms. The first kappa shape index (κ1) is 24.2. The lowest BCUT2D eigenvalue weighted by Gasteiger charge is -2.21. The predicted molar refractivity (Wildman–Crippen MR) is 126 cm³/mol. The second kappa shape index (κ2) is 10.4. The third-order valence-corrected chi connectivity index (χ3v) is 7.86. The van der Waals surface area contributed by atoms with Crippen LogP contribution in [0.1, 0.15) is 34.9 Å². The van der Waals surface area contributed by atoms with E-state index in [1.54, 1.807) is 61.0 Å². The van der Waals surface area contributed by atoms with Gasteiger partial charge in [-0.2, -0.15) is 4.31 Å². The van der Waals surface area contributed by atoms with Gasteiger partial charge in [-0.05, 0) is 55.8 Å². The minimum absolute atomic E-state index is 0.140. The third-order valence-electron chi connectivity index (χ3n) is 4.74. The summed E-state index contributed by atoms with van der Waals surface area (Å²) >= 11 is 7.19. The summed E-state index contributed by atoms with van der Waals surface area (Å²) in [6.07, 6.45) is 0. The molecule has 3 rings (SSSR count). The highest BCUT2D eigenvalue weighted by atomic mass is 35.5. The van der Waals surface area contributed by atoms with Crippen molar-refractivity contribution in [2.45, 2.75) is 37.9 Å². The van der Waals surface area contributed by atoms with E-state index >= 15 is 0 Å². The molecule has 1 N–H and O–H groups in total. The van der Waals surface area contributed by atoms with Crippen molar-refractivity contribution in [3.05, 3.63) is 75.2 Å². The number of carbonyl (C=O) groups excluding carboxylic acids is 1. The quantitative estimate of drug-likeness (QED) is 0.479. The van der Waals surface area contributed by atoms with Gasteiger partial charge in [-0.3, -0.25) is 4.79 Å². The van der Waals surface area contributed by atoms with E-state index in [1.807, 2.05) is 13.8 Å². The first-order chi connectivity index (χ1) is 15.2. The summed E-state index contributed by atoms with van der Waals surface area (Å²) in [5.41, 5.74) is 1.09. The molecular weight excluding hydrogens is 470 g/mol. The number of sulfonamides is 1. The van der Waals surface area contributed by atoms with E-state index in [9.17, 15) is 13.2 Å². The Morgan fingerprint density at radius 2 is 1.81 bits per heavy atom. The van der Waals surface area contributed by atoms with Crippen molar-refractivity contribution in [2.24, 2.45) is 0 Å². The maximum atomic E-state index is 12.5. The summed E-state index contributed by atoms with van der Waals surface area (Å²) in [6.45, 7) is 4.14. The molecule has 1 amide bonds. The summed E-state index contributed by atoms with van der Waals surface area (Å²) in [5.74, 6) is 0.357. The Kier molecular flexibility index (Phi) is 7.89. The first-order valence-corrected chi connectivity index (χ1v) is 12.5. The van der Waals surface area contributed by atoms with Gasteiger partial charge < -0.3 is 10.1 Å². The van der Waals surface area contributed by atoms with E-state index in [2.05, 4.69) is 10.3 Å². The van der Waals surface area contributed by atoms with Crippen LogP contribution in [0, 0.1) is 0 Å². The number of benzene rings is 2. The van der Waals surface area contributed by atoms with Crippen LogP contribution in [0.25, 0.3) is 0 Å². The molecule has 7 nitrogen and oxygen atoms in total. The Morgan fingerprint density at radius 1 is 1.16 bits per heavy atom. The van der Waals surface area contributed by atoms with Gasteiger partial charge in [0.15, 0.2) is 0 Å². The third kappa shape index (κ3) is 6.07. The minimum atomic E-state index is -3.54. The predicted octanol–water partition coefficient (Wildman–Crippen LogP) is 4.33. The number of carbonyl (C=O) groups is 1. The van der Waals surface area contributed by atoms with Gasteiger partial charge in [-0.15, -0.1) is 11.3 Å². The van der Waals surface area contributed by atoms with Gasteiger partial charge in [0.1, 0.15) is 23.1 Å². The second-order valence-corrected chi connectivity index (χ2v) is 10.7. The fraction of sp³-hybridized carbons (Fsp3) is 0.273. The molecule has 0 fully saturated rings. The SMILES string of the molecule is CC(C)N(C)S(=O)(=O)c1ccc(CNC(=O)c2csc(COc3ccc(Cl)cc3)n2)cc1. The molecule has 0 saturated heterocycles. The van der Waals surface area contributed by atoms with Crippen molar-refractivity contribution in [2.75, 3.05) is 7.05 Å². The number of halogens is 1. The number of ether oxygens (including phenoxy) is 1. The van der Waals surface area contributed by atoms with Crippen LogP contribution < -0.4 is 10.1 Å². The lowest BCUT2D eigenvalue weighted by molar-refractivity contribution is 0.0946. The molecule has 0 spiro atoms. The molecule has 1 aromatic heterocycles. The van der Waals surface area contributed by atoms with Gasteiger partial charge in [-0.1, -0.05) is 23.7 Å². The molecule has 0 aliphatic heterocycles. The summed E-state index contributed by atoms with van der Waals surface area (Å²) in [4.78, 5) is 16.9. The van der Waals surface area contributed by atoms with Crippen LogP contribution in [0.2, 0.25) is 5.02 Å². The highest BCUT2D eigenvalue weighted by molar-refractivity contribution is 7.89. The number of nitrogens with zero attached hydrogens (tertiary/aromatic N) is 2. The number of amides is 1. The molecule has 0 saturated carbocycles. The number of thiazole rings is 1. The summed E-state index contributed by atoms with van der Waals surface area (Å²) < 4.78 is 32.0. The summed E-state index contributed by atoms with van der Waals surface area (Å²) in [6, 6.07) is 13.3. The van der Waals surface area contributed by atoms with Crippen LogP contribution in [0.15, 0.2) is 58.8 Å². The molecule has 0 aliphatic carbocycles. The van der Waals surface area contributed by atoms with Crippen molar-refractivity contribution in [1.82, 2.24) is 14.6 Å². The van der Waals surface area contributed by atoms with E-state index in [0.29, 0.717) is 21.5 Å². The van der Waals surface area contributed by atoms with E-state index < -0.39 is 10.0 Å². The average Bonchev–Trinajstić information content (AvgIpc) is 3.26. The van der Waals surface area contributed by atoms with Crippen LogP contribution in [0.5, 0.6) is 5.75 Å². The number of hydrogen-bond acceptors (Lipinski definition) is 6. The maximum Gasteiger partial charge on any atom is 0.271 e. The zero-order valence-corrected chi connectivity index (χ0v) is 20.3. The van der Waals surface area contributed by atoms with E-state index in [-0.39, 0.29) is 30.0 Å². The van der Waals surface area contributed by atoms with Gasteiger partial charge in [0.2, 0.25) is 10.0 Å². The molecule has 3 aromatic rings. The Bertz CT molecular complexity index is 1160. The van der Waals surface area contributed by atoms with E-state index in [0.717, 1.165) is 5.56 Å². The fourth-order valence-corrected chi connectivity index (χ4v) is 4.83. The van der Waals surface area contributed by atoms with Gasteiger partial charge in [-0.25, -0.2) is 13.4 Å². The minimum Gasteiger partial charge on any atom is -0.486 e. The highest BCUT2D eigenvalue weighted by Gasteiger charge is 2.22. The van der Waals surface area contributed by atoms with Crippen molar-refractivity contribution in [3.63, 3.8) is 0 Å². The van der Waals surface area contributed by atoms with Crippen molar-refractivity contribution in [1.29, 1.82) is 0 Å². The van der Waals surface area contributed by atoms with Crippen molar-refractivity contribution >= 4 is 38.9 Å². The zero-order chi connectivity index (χ0) is 23.3. The largest absolute Gasteiger partial charge is 0.486 e. The molecule has 0 radical (unpaired) electrons. The topological polar surface area (TPSA) is 88.6 Å². The van der Waals surface area contributed by atoms with Crippen LogP contribution in [-0.4, -0.2) is 36.7 Å². The number of aromatic nitrogens is 1. The molecule has 2 aromatic carbocycles. The van der Waals surface area contributed by atoms with Crippen molar-refractivity contribution in [3.8, 4) is 5.75 Å². The van der Waals surface area contributed by atoms with E-state index in [4.69, 9.17) is 16.3 Å². The van der Waals surface area contributed by atoms with Crippen LogP contribution >= 0.6 is 22.9 Å². The Balaban J connectivity index is 1.54. The normalized spacial score (nSPS) is 11.7. The standard InChI is InChI=1S/C22H24ClN3O4S2/c1-15(2)26(3)32(28,29)19-10-4-16(5-11-19)12-24-22(27)20-14-31-21(25-20)13-30-18-8-6-17(23)7-9-18/h4-11,14-15H,12-13H2,1-3H3,(H,24,27). The van der Waals surface area contributed by atoms with Gasteiger partial charge >= 0.3 is 0 Å². The number of hydrogen-bond donors (Lipinski definition) is 1. The summed E-state index contributed by atoms with van der Waals surface area (Å²) in [7, 11) is -1.98. The van der Waals surface area contributed by atoms with Crippen LogP contribution in [0.4, 0.5) is 0 Å². The average molecular weight is 494 g/mol. The second-order valence-electron chi connectivity index (χ2n) is 7.31. The molecule has 0 unspecified atom stereocenters. The zero-order valence-electron chi connectivity index (χ0n) is 17.9. The smallest absolute Gasteiger partial charge is 0.271 e. The summed E-state index contributed by atoms with van der Waals surface area (Å²) in [5, 5.41) is 5.78. The molecule has 0 aliphatic rings. The molecule has 0 atom stereocenters. The number of rotatable bonds is 9. The van der Waals surface area contributed by atoms with Crippen molar-refractivity contribution < 1.29 is 17.9 Å². The number of nitrogens with one attached hydrogen (secondary N) is 1. The van der Waals surface area contributed by atoms with Crippen LogP contribution in [-0.2, 0) is 23.2 Å². The van der Waals surface area contributed by atoms with E-state index in [1.165, 1.54) is 15.6 Å². The Hall–Kier alpha value is -2.46. The molecule has 1 heterocycles. The molecule has 10 heteroatoms. The lowest BCUT2D eigenvalue weighted by atomic mass is 10.2. The highest BCUT2D eigenvalue weighted by Crippen LogP contribution is 2.19. The molecule has 170 valence electrons. The Morgan fingerprint density at radius 3 is 2.44 bits per heavy atom. The fourth-order valence-electron chi connectivity index (χ4n) is 2.65. The molecule has 32 heavy (non-hydrogen) atoms. The molecular formula is C22H24ClN3O4S2. The Labute approximate surface area is 197 Å². The monoisotopic (exact) mass is 493 g/mol. The maximum absolute atomic E-state index is 12.5. The van der Waals surface area contributed by atoms with Crippen LogP contribution in [0.3, 0.4) is 0 Å². The van der Waals surface area contributed by atoms with Gasteiger partial charge in [0, 0.05) is 30.0 Å². The lowest BCUT2D eigenvalue weighted by Crippen LogP contribution is -2.33. The van der Waals surface area contributed by atoms with Gasteiger partial charge in [0.25, 0.3) is 5.91 Å². The van der Waals surface area contributed by atoms with Gasteiger partial charge in [0.05, 0.1) is 4.90 Å². The first-order valence-electron chi connectivity index (χ1n) is 9.85.